The molecule has 0 amide bonds. The van der Waals surface area contributed by atoms with Gasteiger partial charge in [0.25, 0.3) is 0 Å². The Balaban J connectivity index is 0.00000129. The molecule has 9 heteroatoms. The zero-order chi connectivity index (χ0) is 23.1. The Labute approximate surface area is 176 Å². The lowest BCUT2D eigenvalue weighted by atomic mass is 10.1. The number of ether oxygens (including phenoxy) is 1. The molecular weight excluding hydrogens is 420 g/mol. The van der Waals surface area contributed by atoms with Gasteiger partial charge in [-0.25, -0.2) is 18.7 Å². The fraction of sp³-hybridized carbons (Fsp3) is 0.190. The lowest BCUT2D eigenvalue weighted by molar-refractivity contribution is -0.365. The number of thiazole rings is 1. The minimum Gasteiger partial charge on any atom is -0.493 e. The number of H-pyrrole nitrogens is 1. The molecule has 0 saturated carbocycles. The van der Waals surface area contributed by atoms with Crippen LogP contribution in [0, 0.1) is 30.4 Å². The molecule has 3 aromatic rings. The topological polar surface area (TPSA) is 53.3 Å². The summed E-state index contributed by atoms with van der Waals surface area (Å²) in [7, 11) is 2.34. The lowest BCUT2D eigenvalue weighted by Gasteiger charge is -2.06. The Morgan fingerprint density at radius 3 is 2.27 bits per heavy atom. The Bertz CT molecular complexity index is 967. The normalized spacial score (nSPS) is 8.67. The maximum absolute atomic E-state index is 13.8. The van der Waals surface area contributed by atoms with E-state index >= 15 is 0 Å². The molecule has 0 radical (unpaired) electrons. The summed E-state index contributed by atoms with van der Waals surface area (Å²) in [6, 6.07) is 5.47. The number of rotatable bonds is 2. The van der Waals surface area contributed by atoms with E-state index in [4.69, 9.17) is 9.53 Å². The average Bonchev–Trinajstić information content (AvgIpc) is 3.21. The number of carbonyl (C=O) groups is 1. The number of nitrogens with zero attached hydrogens (tertiary/aromatic N) is 1. The number of halogens is 4. The van der Waals surface area contributed by atoms with Crippen molar-refractivity contribution < 1.29 is 32.1 Å². The monoisotopic (exact) mass is 441 g/mol. The molecule has 160 valence electrons. The molecule has 3 rings (SSSR count). The van der Waals surface area contributed by atoms with Gasteiger partial charge in [-0.1, -0.05) is 5.92 Å². The van der Waals surface area contributed by atoms with E-state index in [-0.39, 0.29) is 5.75 Å². The highest BCUT2D eigenvalue weighted by molar-refractivity contribution is 7.09. The number of aromatic amines is 1. The van der Waals surface area contributed by atoms with Crippen molar-refractivity contribution in [2.45, 2.75) is 6.92 Å². The average molecular weight is 441 g/mol. The molecule has 4 nitrogen and oxygen atoms in total. The van der Waals surface area contributed by atoms with Crippen LogP contribution in [0.25, 0.3) is 11.3 Å². The van der Waals surface area contributed by atoms with Crippen molar-refractivity contribution >= 4 is 18.1 Å². The van der Waals surface area contributed by atoms with E-state index < -0.39 is 11.6 Å². The minimum atomic E-state index is -0.747. The van der Waals surface area contributed by atoms with Crippen LogP contribution in [0.2, 0.25) is 0 Å². The summed E-state index contributed by atoms with van der Waals surface area (Å²) in [6.45, 7) is 3.92. The molecule has 2 aromatic heterocycles. The SMILES string of the molecule is C=O.CF.CF.COc1c(F)cc(F)cc1-c1ccc(C#Cc2csc(C)n2)c[nH+]1. The van der Waals surface area contributed by atoms with Gasteiger partial charge in [0.2, 0.25) is 5.69 Å². The van der Waals surface area contributed by atoms with Crippen molar-refractivity contribution in [2.24, 2.45) is 0 Å². The second kappa shape index (κ2) is 14.7. The standard InChI is InChI=1S/C18H12F2N2OS.2CH3F.CH2O/c1-11-22-14(10-24-11)5-3-12-4-6-17(21-9-12)15-7-13(19)8-16(20)18(15)23-2;3*1-2/h4,6-10H,1-2H3;2*1H3;1H2/p+1. The molecule has 0 fully saturated rings. The van der Waals surface area contributed by atoms with E-state index in [0.717, 1.165) is 22.3 Å². The lowest BCUT2D eigenvalue weighted by Crippen LogP contribution is -2.08. The van der Waals surface area contributed by atoms with Crippen molar-refractivity contribution in [1.82, 2.24) is 4.98 Å². The molecule has 0 spiro atoms. The van der Waals surface area contributed by atoms with Gasteiger partial charge in [0.15, 0.2) is 17.8 Å². The predicted molar refractivity (Wildman–Crippen MR) is 109 cm³/mol. The van der Waals surface area contributed by atoms with E-state index in [1.54, 1.807) is 18.3 Å². The van der Waals surface area contributed by atoms with Crippen LogP contribution in [0.5, 0.6) is 5.75 Å². The Kier molecular flexibility index (Phi) is 13.1. The first-order valence-corrected chi connectivity index (χ1v) is 8.98. The molecule has 0 saturated heterocycles. The van der Waals surface area contributed by atoms with E-state index in [9.17, 15) is 17.6 Å². The smallest absolute Gasteiger partial charge is 0.214 e. The third kappa shape index (κ3) is 7.64. The van der Waals surface area contributed by atoms with Gasteiger partial charge in [0.05, 0.1) is 37.6 Å². The number of nitrogens with one attached hydrogen (secondary N) is 1. The molecule has 0 unspecified atom stereocenters. The van der Waals surface area contributed by atoms with Crippen molar-refractivity contribution in [2.75, 3.05) is 21.5 Å². The van der Waals surface area contributed by atoms with Crippen molar-refractivity contribution in [3.63, 3.8) is 0 Å². The van der Waals surface area contributed by atoms with Crippen LogP contribution >= 0.6 is 11.3 Å². The zero-order valence-corrected chi connectivity index (χ0v) is 17.7. The van der Waals surface area contributed by atoms with Crippen LogP contribution in [-0.2, 0) is 4.79 Å². The van der Waals surface area contributed by atoms with Gasteiger partial charge >= 0.3 is 0 Å². The predicted octanol–water partition coefficient (Wildman–Crippen LogP) is 4.61. The van der Waals surface area contributed by atoms with Crippen LogP contribution in [-0.4, -0.2) is 33.2 Å². The second-order valence-corrected chi connectivity index (χ2v) is 6.02. The number of aryl methyl sites for hydroxylation is 1. The first-order valence-electron chi connectivity index (χ1n) is 8.10. The third-order valence-electron chi connectivity index (χ3n) is 3.27. The van der Waals surface area contributed by atoms with Crippen molar-refractivity contribution in [3.8, 4) is 28.8 Å². The number of pyridine rings is 1. The fourth-order valence-corrected chi connectivity index (χ4v) is 2.74. The van der Waals surface area contributed by atoms with Crippen LogP contribution in [0.3, 0.4) is 0 Å². The third-order valence-corrected chi connectivity index (χ3v) is 4.04. The van der Waals surface area contributed by atoms with Crippen LogP contribution < -0.4 is 9.72 Å². The summed E-state index contributed by atoms with van der Waals surface area (Å²) >= 11 is 1.54. The van der Waals surface area contributed by atoms with Gasteiger partial charge in [-0.2, -0.15) is 0 Å². The molecular formula is C21H21F4N2O2S+. The van der Waals surface area contributed by atoms with Crippen molar-refractivity contribution in [3.05, 3.63) is 63.7 Å². The molecule has 1 N–H and O–H groups in total. The maximum atomic E-state index is 13.8. The molecule has 0 aliphatic rings. The molecule has 0 aliphatic heterocycles. The van der Waals surface area contributed by atoms with Gasteiger partial charge < -0.3 is 9.53 Å². The summed E-state index contributed by atoms with van der Waals surface area (Å²) in [6.07, 6.45) is 1.67. The largest absolute Gasteiger partial charge is 0.493 e. The van der Waals surface area contributed by atoms with Gasteiger partial charge in [0.1, 0.15) is 18.3 Å². The highest BCUT2D eigenvalue weighted by atomic mass is 32.1. The fourth-order valence-electron chi connectivity index (χ4n) is 2.20. The summed E-state index contributed by atoms with van der Waals surface area (Å²) in [5, 5.41) is 2.85. The van der Waals surface area contributed by atoms with Gasteiger partial charge in [0, 0.05) is 17.5 Å². The summed E-state index contributed by atoms with van der Waals surface area (Å²) in [5.41, 5.74) is 2.29. The van der Waals surface area contributed by atoms with E-state index in [0.29, 0.717) is 25.6 Å². The number of hydrogen-bond donors (Lipinski definition) is 0. The Morgan fingerprint density at radius 1 is 1.10 bits per heavy atom. The van der Waals surface area contributed by atoms with E-state index in [2.05, 4.69) is 21.8 Å². The second-order valence-electron chi connectivity index (χ2n) is 4.96. The summed E-state index contributed by atoms with van der Waals surface area (Å²) in [4.78, 5) is 15.3. The van der Waals surface area contributed by atoms with Gasteiger partial charge in [-0.05, 0) is 25.0 Å². The number of alkyl halides is 2. The Hall–Kier alpha value is -3.25. The number of aromatic nitrogens is 2. The maximum Gasteiger partial charge on any atom is 0.214 e. The van der Waals surface area contributed by atoms with Crippen LogP contribution in [0.1, 0.15) is 16.3 Å². The summed E-state index contributed by atoms with van der Waals surface area (Å²) < 4.78 is 51.3. The zero-order valence-electron chi connectivity index (χ0n) is 16.9. The minimum absolute atomic E-state index is 0.00978. The first kappa shape index (κ1) is 26.8. The van der Waals surface area contributed by atoms with Gasteiger partial charge in [-0.15, -0.1) is 11.3 Å². The first-order chi connectivity index (χ1) is 14.6. The number of benzene rings is 1. The molecule has 0 bridgehead atoms. The molecule has 1 aromatic carbocycles. The van der Waals surface area contributed by atoms with E-state index in [1.165, 1.54) is 24.5 Å². The van der Waals surface area contributed by atoms with Crippen molar-refractivity contribution in [1.29, 1.82) is 0 Å². The van der Waals surface area contributed by atoms with Gasteiger partial charge in [-0.3, -0.25) is 8.78 Å². The van der Waals surface area contributed by atoms with Crippen LogP contribution in [0.4, 0.5) is 17.6 Å². The number of methoxy groups -OCH3 is 1. The molecule has 0 atom stereocenters. The van der Waals surface area contributed by atoms with Crippen LogP contribution in [0.15, 0.2) is 35.8 Å². The molecule has 30 heavy (non-hydrogen) atoms. The highest BCUT2D eigenvalue weighted by Gasteiger charge is 2.17. The number of hydrogen-bond acceptors (Lipinski definition) is 4. The highest BCUT2D eigenvalue weighted by Crippen LogP contribution is 2.31. The quantitative estimate of drug-likeness (QED) is 0.431. The summed E-state index contributed by atoms with van der Waals surface area (Å²) in [5.74, 6) is 4.53. The number of carbonyl (C=O) groups excluding carboxylic acids is 1. The molecule has 2 heterocycles. The van der Waals surface area contributed by atoms with E-state index in [1.807, 2.05) is 19.1 Å². The Morgan fingerprint density at radius 2 is 1.77 bits per heavy atom. The molecule has 0 aliphatic carbocycles.